The third kappa shape index (κ3) is 2.81. The summed E-state index contributed by atoms with van der Waals surface area (Å²) in [7, 11) is 0. The SMILES string of the molecule is CC(C(=O)Nc1cccs1)N1CCNCC1. The number of hydrogen-bond acceptors (Lipinski definition) is 4. The standard InChI is InChI=1S/C11H17N3OS/c1-9(14-6-4-12-5-7-14)11(15)13-10-3-2-8-16-10/h2-3,8-9,12H,4-7H2,1H3,(H,13,15). The first kappa shape index (κ1) is 11.6. The second-order valence-corrected chi connectivity index (χ2v) is 4.88. The van der Waals surface area contributed by atoms with E-state index >= 15 is 0 Å². The van der Waals surface area contributed by atoms with Gasteiger partial charge in [-0.15, -0.1) is 11.3 Å². The maximum Gasteiger partial charge on any atom is 0.242 e. The fourth-order valence-corrected chi connectivity index (χ4v) is 2.43. The Balaban J connectivity index is 1.88. The van der Waals surface area contributed by atoms with E-state index in [2.05, 4.69) is 15.5 Å². The van der Waals surface area contributed by atoms with Gasteiger partial charge in [0.25, 0.3) is 0 Å². The first-order valence-corrected chi connectivity index (χ1v) is 6.44. The molecule has 2 heterocycles. The highest BCUT2D eigenvalue weighted by Crippen LogP contribution is 2.15. The van der Waals surface area contributed by atoms with Gasteiger partial charge in [0.05, 0.1) is 11.0 Å². The van der Waals surface area contributed by atoms with Crippen LogP contribution in [0.15, 0.2) is 17.5 Å². The Morgan fingerprint density at radius 3 is 2.94 bits per heavy atom. The van der Waals surface area contributed by atoms with Gasteiger partial charge in [0, 0.05) is 26.2 Å². The van der Waals surface area contributed by atoms with E-state index in [9.17, 15) is 4.79 Å². The number of nitrogens with one attached hydrogen (secondary N) is 2. The summed E-state index contributed by atoms with van der Waals surface area (Å²) in [4.78, 5) is 14.2. The van der Waals surface area contributed by atoms with Crippen LogP contribution in [0.3, 0.4) is 0 Å². The molecule has 1 aromatic heterocycles. The number of anilines is 1. The number of piperazine rings is 1. The Bertz CT molecular complexity index is 333. The summed E-state index contributed by atoms with van der Waals surface area (Å²) in [6.45, 7) is 5.79. The second kappa shape index (κ2) is 5.43. The number of hydrogen-bond donors (Lipinski definition) is 2. The lowest BCUT2D eigenvalue weighted by Crippen LogP contribution is -2.51. The molecule has 0 spiro atoms. The van der Waals surface area contributed by atoms with E-state index < -0.39 is 0 Å². The molecule has 16 heavy (non-hydrogen) atoms. The molecule has 1 aromatic rings. The molecule has 1 fully saturated rings. The largest absolute Gasteiger partial charge is 0.316 e. The Labute approximate surface area is 99.6 Å². The van der Waals surface area contributed by atoms with Crippen molar-refractivity contribution in [3.05, 3.63) is 17.5 Å². The van der Waals surface area contributed by atoms with E-state index in [-0.39, 0.29) is 11.9 Å². The molecule has 88 valence electrons. The Kier molecular flexibility index (Phi) is 3.93. The first-order chi connectivity index (χ1) is 7.77. The number of rotatable bonds is 3. The van der Waals surface area contributed by atoms with Crippen molar-refractivity contribution in [1.29, 1.82) is 0 Å². The van der Waals surface area contributed by atoms with Crippen LogP contribution < -0.4 is 10.6 Å². The van der Waals surface area contributed by atoms with Gasteiger partial charge in [-0.3, -0.25) is 9.69 Å². The van der Waals surface area contributed by atoms with E-state index in [0.29, 0.717) is 0 Å². The third-order valence-electron chi connectivity index (χ3n) is 2.85. The zero-order valence-corrected chi connectivity index (χ0v) is 10.2. The van der Waals surface area contributed by atoms with Crippen molar-refractivity contribution in [2.45, 2.75) is 13.0 Å². The van der Waals surface area contributed by atoms with Crippen LogP contribution in [0.2, 0.25) is 0 Å². The molecule has 0 aliphatic carbocycles. The van der Waals surface area contributed by atoms with Gasteiger partial charge in [-0.1, -0.05) is 0 Å². The minimum atomic E-state index is -0.0517. The highest BCUT2D eigenvalue weighted by molar-refractivity contribution is 7.14. The summed E-state index contributed by atoms with van der Waals surface area (Å²) < 4.78 is 0. The molecule has 0 bridgehead atoms. The molecular weight excluding hydrogens is 222 g/mol. The molecule has 5 heteroatoms. The van der Waals surface area contributed by atoms with Crippen LogP contribution in [0.5, 0.6) is 0 Å². The predicted octanol–water partition coefficient (Wildman–Crippen LogP) is 0.980. The van der Waals surface area contributed by atoms with Crippen LogP contribution in [0, 0.1) is 0 Å². The predicted molar refractivity (Wildman–Crippen MR) is 66.9 cm³/mol. The van der Waals surface area contributed by atoms with Gasteiger partial charge in [0.15, 0.2) is 0 Å². The van der Waals surface area contributed by atoms with E-state index in [1.54, 1.807) is 11.3 Å². The van der Waals surface area contributed by atoms with Crippen LogP contribution in [-0.4, -0.2) is 43.0 Å². The van der Waals surface area contributed by atoms with E-state index in [1.165, 1.54) is 0 Å². The number of carbonyl (C=O) groups is 1. The number of nitrogens with zero attached hydrogens (tertiary/aromatic N) is 1. The fourth-order valence-electron chi connectivity index (χ4n) is 1.81. The van der Waals surface area contributed by atoms with Crippen molar-refractivity contribution < 1.29 is 4.79 Å². The molecule has 1 amide bonds. The van der Waals surface area contributed by atoms with Gasteiger partial charge in [-0.2, -0.15) is 0 Å². The average Bonchev–Trinajstić information content (AvgIpc) is 2.82. The van der Waals surface area contributed by atoms with E-state index in [4.69, 9.17) is 0 Å². The maximum absolute atomic E-state index is 11.9. The lowest BCUT2D eigenvalue weighted by Gasteiger charge is -2.31. The van der Waals surface area contributed by atoms with Gasteiger partial charge < -0.3 is 10.6 Å². The molecule has 2 rings (SSSR count). The first-order valence-electron chi connectivity index (χ1n) is 5.56. The van der Waals surface area contributed by atoms with Crippen LogP contribution in [-0.2, 0) is 4.79 Å². The van der Waals surface area contributed by atoms with Crippen molar-refractivity contribution >= 4 is 22.2 Å². The van der Waals surface area contributed by atoms with Crippen LogP contribution in [0.4, 0.5) is 5.00 Å². The van der Waals surface area contributed by atoms with Crippen LogP contribution >= 0.6 is 11.3 Å². The molecule has 0 saturated carbocycles. The van der Waals surface area contributed by atoms with Crippen molar-refractivity contribution in [1.82, 2.24) is 10.2 Å². The summed E-state index contributed by atoms with van der Waals surface area (Å²) in [6.07, 6.45) is 0. The molecule has 4 nitrogen and oxygen atoms in total. The molecule has 1 atom stereocenters. The van der Waals surface area contributed by atoms with Gasteiger partial charge in [0.1, 0.15) is 0 Å². The second-order valence-electron chi connectivity index (χ2n) is 3.93. The summed E-state index contributed by atoms with van der Waals surface area (Å²) in [5.74, 6) is 0.0874. The van der Waals surface area contributed by atoms with Crippen molar-refractivity contribution in [2.75, 3.05) is 31.5 Å². The molecule has 2 N–H and O–H groups in total. The topological polar surface area (TPSA) is 44.4 Å². The van der Waals surface area contributed by atoms with E-state index in [0.717, 1.165) is 31.2 Å². The summed E-state index contributed by atoms with van der Waals surface area (Å²) in [5.41, 5.74) is 0. The highest BCUT2D eigenvalue weighted by atomic mass is 32.1. The van der Waals surface area contributed by atoms with Gasteiger partial charge in [0.2, 0.25) is 5.91 Å². The minimum absolute atomic E-state index is 0.0517. The molecular formula is C11H17N3OS. The maximum atomic E-state index is 11.9. The molecule has 1 unspecified atom stereocenters. The lowest BCUT2D eigenvalue weighted by atomic mass is 10.2. The zero-order valence-electron chi connectivity index (χ0n) is 9.40. The zero-order chi connectivity index (χ0) is 11.4. The number of carbonyl (C=O) groups excluding carboxylic acids is 1. The van der Waals surface area contributed by atoms with Crippen molar-refractivity contribution in [3.63, 3.8) is 0 Å². The lowest BCUT2D eigenvalue weighted by molar-refractivity contribution is -0.120. The van der Waals surface area contributed by atoms with Crippen molar-refractivity contribution in [3.8, 4) is 0 Å². The smallest absolute Gasteiger partial charge is 0.242 e. The average molecular weight is 239 g/mol. The Morgan fingerprint density at radius 1 is 1.56 bits per heavy atom. The summed E-state index contributed by atoms with van der Waals surface area (Å²) >= 11 is 1.55. The van der Waals surface area contributed by atoms with E-state index in [1.807, 2.05) is 24.4 Å². The van der Waals surface area contributed by atoms with Gasteiger partial charge in [-0.05, 0) is 24.4 Å². The highest BCUT2D eigenvalue weighted by Gasteiger charge is 2.22. The molecule has 0 radical (unpaired) electrons. The van der Waals surface area contributed by atoms with Gasteiger partial charge in [-0.25, -0.2) is 0 Å². The molecule has 1 saturated heterocycles. The Hall–Kier alpha value is -0.910. The van der Waals surface area contributed by atoms with Crippen LogP contribution in [0.25, 0.3) is 0 Å². The molecule has 1 aliphatic heterocycles. The van der Waals surface area contributed by atoms with Crippen molar-refractivity contribution in [2.24, 2.45) is 0 Å². The Morgan fingerprint density at radius 2 is 2.31 bits per heavy atom. The third-order valence-corrected chi connectivity index (χ3v) is 3.63. The summed E-state index contributed by atoms with van der Waals surface area (Å²) in [6, 6.07) is 3.81. The number of amides is 1. The minimum Gasteiger partial charge on any atom is -0.316 e. The quantitative estimate of drug-likeness (QED) is 0.826. The van der Waals surface area contributed by atoms with Gasteiger partial charge >= 0.3 is 0 Å². The molecule has 0 aromatic carbocycles. The van der Waals surface area contributed by atoms with Crippen LogP contribution in [0.1, 0.15) is 6.92 Å². The monoisotopic (exact) mass is 239 g/mol. The molecule has 1 aliphatic rings. The number of thiophene rings is 1. The fraction of sp³-hybridized carbons (Fsp3) is 0.545. The summed E-state index contributed by atoms with van der Waals surface area (Å²) in [5, 5.41) is 9.11. The normalized spacial score (nSPS) is 19.3.